The number of aromatic nitrogens is 2. The summed E-state index contributed by atoms with van der Waals surface area (Å²) in [6, 6.07) is 7.96. The Labute approximate surface area is 143 Å². The van der Waals surface area contributed by atoms with E-state index in [0.717, 1.165) is 25.8 Å². The second-order valence-electron chi connectivity index (χ2n) is 4.59. The molecular weight excluding hydrogens is 384 g/mol. The molecule has 0 saturated heterocycles. The Balaban J connectivity index is 2.12. The Kier molecular flexibility index (Phi) is 4.46. The standard InChI is InChI=1S/C15H11BrN2O2S2/c1-8(15(19)20)22-14-12-11(6-21-13(12)17-7-18-14)9-2-4-10(16)5-3-9/h2-8H,1H3,(H,19,20)/p-1. The average molecular weight is 394 g/mol. The number of hydrogen-bond acceptors (Lipinski definition) is 6. The van der Waals surface area contributed by atoms with E-state index >= 15 is 0 Å². The summed E-state index contributed by atoms with van der Waals surface area (Å²) in [4.78, 5) is 20.4. The van der Waals surface area contributed by atoms with Crippen LogP contribution in [0.25, 0.3) is 21.3 Å². The highest BCUT2D eigenvalue weighted by atomic mass is 79.9. The lowest BCUT2D eigenvalue weighted by molar-refractivity contribution is -0.304. The maximum atomic E-state index is 11.0. The van der Waals surface area contributed by atoms with Crippen LogP contribution in [0.1, 0.15) is 6.92 Å². The molecule has 0 spiro atoms. The number of thioether (sulfide) groups is 1. The lowest BCUT2D eigenvalue weighted by atomic mass is 10.1. The highest BCUT2D eigenvalue weighted by Crippen LogP contribution is 2.39. The molecule has 2 aromatic heterocycles. The number of aliphatic carboxylic acids is 1. The molecule has 2 heterocycles. The van der Waals surface area contributed by atoms with E-state index in [9.17, 15) is 9.90 Å². The summed E-state index contributed by atoms with van der Waals surface area (Å²) in [6.45, 7) is 1.60. The van der Waals surface area contributed by atoms with E-state index in [0.29, 0.717) is 5.03 Å². The predicted molar refractivity (Wildman–Crippen MR) is 90.9 cm³/mol. The Morgan fingerprint density at radius 2 is 2.05 bits per heavy atom. The van der Waals surface area contributed by atoms with Crippen molar-refractivity contribution in [1.29, 1.82) is 0 Å². The van der Waals surface area contributed by atoms with Crippen LogP contribution in [0.4, 0.5) is 0 Å². The third-order valence-electron chi connectivity index (χ3n) is 3.11. The zero-order valence-corrected chi connectivity index (χ0v) is 14.7. The molecule has 0 amide bonds. The number of halogens is 1. The molecule has 0 aliphatic heterocycles. The molecule has 1 atom stereocenters. The van der Waals surface area contributed by atoms with Gasteiger partial charge in [0.15, 0.2) is 0 Å². The minimum Gasteiger partial charge on any atom is -0.549 e. The van der Waals surface area contributed by atoms with Crippen LogP contribution in [0.2, 0.25) is 0 Å². The van der Waals surface area contributed by atoms with Crippen molar-refractivity contribution in [2.45, 2.75) is 17.2 Å². The number of carbonyl (C=O) groups excluding carboxylic acids is 1. The molecule has 4 nitrogen and oxygen atoms in total. The van der Waals surface area contributed by atoms with Gasteiger partial charge in [-0.05, 0) is 24.6 Å². The highest BCUT2D eigenvalue weighted by Gasteiger charge is 2.16. The van der Waals surface area contributed by atoms with Crippen molar-refractivity contribution in [3.05, 3.63) is 40.4 Å². The van der Waals surface area contributed by atoms with E-state index in [-0.39, 0.29) is 0 Å². The topological polar surface area (TPSA) is 65.9 Å². The number of carboxylic acid groups (broad SMARTS) is 1. The van der Waals surface area contributed by atoms with Gasteiger partial charge in [0.1, 0.15) is 16.2 Å². The first-order valence-corrected chi connectivity index (χ1v) is 8.97. The van der Waals surface area contributed by atoms with Gasteiger partial charge in [-0.2, -0.15) is 0 Å². The fourth-order valence-electron chi connectivity index (χ4n) is 1.99. The van der Waals surface area contributed by atoms with Gasteiger partial charge in [-0.1, -0.05) is 39.8 Å². The molecule has 0 N–H and O–H groups in total. The van der Waals surface area contributed by atoms with Gasteiger partial charge >= 0.3 is 0 Å². The van der Waals surface area contributed by atoms with Gasteiger partial charge in [-0.3, -0.25) is 0 Å². The van der Waals surface area contributed by atoms with Crippen LogP contribution in [0.3, 0.4) is 0 Å². The zero-order chi connectivity index (χ0) is 15.7. The second kappa shape index (κ2) is 6.36. The van der Waals surface area contributed by atoms with E-state index in [4.69, 9.17) is 0 Å². The van der Waals surface area contributed by atoms with Gasteiger partial charge in [0.2, 0.25) is 0 Å². The first-order valence-electron chi connectivity index (χ1n) is 6.42. The molecule has 3 aromatic rings. The number of thiophene rings is 1. The minimum atomic E-state index is -1.10. The number of carboxylic acids is 1. The van der Waals surface area contributed by atoms with Crippen molar-refractivity contribution < 1.29 is 9.90 Å². The van der Waals surface area contributed by atoms with Crippen LogP contribution in [-0.4, -0.2) is 21.2 Å². The Morgan fingerprint density at radius 3 is 2.73 bits per heavy atom. The maximum absolute atomic E-state index is 11.0. The van der Waals surface area contributed by atoms with Gasteiger partial charge in [0.25, 0.3) is 0 Å². The van der Waals surface area contributed by atoms with Crippen LogP contribution < -0.4 is 5.11 Å². The van der Waals surface area contributed by atoms with Gasteiger partial charge in [-0.15, -0.1) is 11.3 Å². The van der Waals surface area contributed by atoms with Crippen molar-refractivity contribution in [3.8, 4) is 11.1 Å². The largest absolute Gasteiger partial charge is 0.549 e. The lowest BCUT2D eigenvalue weighted by Gasteiger charge is -2.12. The summed E-state index contributed by atoms with van der Waals surface area (Å²) < 4.78 is 1.01. The van der Waals surface area contributed by atoms with Crippen molar-refractivity contribution in [2.75, 3.05) is 0 Å². The first kappa shape index (κ1) is 15.5. The smallest absolute Gasteiger partial charge is 0.128 e. The Bertz CT molecular complexity index is 833. The molecule has 1 unspecified atom stereocenters. The van der Waals surface area contributed by atoms with E-state index in [2.05, 4.69) is 25.9 Å². The van der Waals surface area contributed by atoms with Crippen LogP contribution >= 0.6 is 39.0 Å². The molecule has 1 aromatic carbocycles. The molecule has 0 aliphatic rings. The van der Waals surface area contributed by atoms with Gasteiger partial charge < -0.3 is 9.90 Å². The van der Waals surface area contributed by atoms with Crippen LogP contribution in [-0.2, 0) is 4.79 Å². The summed E-state index contributed by atoms with van der Waals surface area (Å²) in [5.41, 5.74) is 2.06. The molecule has 0 radical (unpaired) electrons. The Morgan fingerprint density at radius 1 is 1.32 bits per heavy atom. The quantitative estimate of drug-likeness (QED) is 0.502. The molecule has 0 aliphatic carbocycles. The number of carbonyl (C=O) groups is 1. The SMILES string of the molecule is CC(Sc1ncnc2scc(-c3ccc(Br)cc3)c12)C(=O)[O-]. The molecule has 7 heteroatoms. The average Bonchev–Trinajstić information content (AvgIpc) is 2.93. The van der Waals surface area contributed by atoms with Crippen molar-refractivity contribution in [2.24, 2.45) is 0 Å². The summed E-state index contributed by atoms with van der Waals surface area (Å²) in [7, 11) is 0. The number of rotatable bonds is 4. The first-order chi connectivity index (χ1) is 10.6. The Hall–Kier alpha value is -1.44. The van der Waals surface area contributed by atoms with Crippen LogP contribution in [0, 0.1) is 0 Å². The zero-order valence-electron chi connectivity index (χ0n) is 11.4. The molecule has 112 valence electrons. The number of fused-ring (bicyclic) bond motifs is 1. The monoisotopic (exact) mass is 393 g/mol. The summed E-state index contributed by atoms with van der Waals surface area (Å²) in [5.74, 6) is -1.10. The molecular formula is C15H10BrN2O2S2-. The predicted octanol–water partition coefficient (Wildman–Crippen LogP) is 3.35. The van der Waals surface area contributed by atoms with Crippen LogP contribution in [0.5, 0.6) is 0 Å². The van der Waals surface area contributed by atoms with Crippen molar-refractivity contribution in [1.82, 2.24) is 9.97 Å². The van der Waals surface area contributed by atoms with Crippen LogP contribution in [0.15, 0.2) is 45.5 Å². The van der Waals surface area contributed by atoms with Gasteiger partial charge in [0.05, 0.1) is 11.4 Å². The second-order valence-corrected chi connectivity index (χ2v) is 7.70. The normalized spacial score (nSPS) is 12.5. The summed E-state index contributed by atoms with van der Waals surface area (Å²) in [6.07, 6.45) is 1.47. The summed E-state index contributed by atoms with van der Waals surface area (Å²) in [5, 5.41) is 13.9. The lowest BCUT2D eigenvalue weighted by Crippen LogP contribution is -2.31. The number of hydrogen-bond donors (Lipinski definition) is 0. The third-order valence-corrected chi connectivity index (χ3v) is 5.60. The molecule has 0 fully saturated rings. The molecule has 0 saturated carbocycles. The number of benzene rings is 1. The molecule has 3 rings (SSSR count). The van der Waals surface area contributed by atoms with Gasteiger partial charge in [0, 0.05) is 20.7 Å². The minimum absolute atomic E-state index is 0.667. The van der Waals surface area contributed by atoms with Gasteiger partial charge in [-0.25, -0.2) is 9.97 Å². The maximum Gasteiger partial charge on any atom is 0.128 e. The summed E-state index contributed by atoms with van der Waals surface area (Å²) >= 11 is 6.13. The molecule has 22 heavy (non-hydrogen) atoms. The van der Waals surface area contributed by atoms with E-state index in [1.165, 1.54) is 29.4 Å². The fourth-order valence-corrected chi connectivity index (χ4v) is 4.10. The third kappa shape index (κ3) is 3.02. The van der Waals surface area contributed by atoms with E-state index in [1.54, 1.807) is 6.92 Å². The van der Waals surface area contributed by atoms with E-state index in [1.807, 2.05) is 29.6 Å². The number of nitrogens with zero attached hydrogens (tertiary/aromatic N) is 2. The van der Waals surface area contributed by atoms with E-state index < -0.39 is 11.2 Å². The fraction of sp³-hybridized carbons (Fsp3) is 0.133. The molecule has 0 bridgehead atoms. The highest BCUT2D eigenvalue weighted by molar-refractivity contribution is 9.10. The van der Waals surface area contributed by atoms with Crippen molar-refractivity contribution in [3.63, 3.8) is 0 Å². The van der Waals surface area contributed by atoms with Crippen molar-refractivity contribution >= 4 is 55.2 Å².